The average Bonchev–Trinajstić information content (AvgIpc) is 3.29. The van der Waals surface area contributed by atoms with Gasteiger partial charge in [0.25, 0.3) is 0 Å². The number of thiazole rings is 1. The van der Waals surface area contributed by atoms with E-state index in [0.717, 1.165) is 41.7 Å². The fourth-order valence-electron chi connectivity index (χ4n) is 2.51. The van der Waals surface area contributed by atoms with Crippen molar-refractivity contribution in [2.24, 2.45) is 4.99 Å². The van der Waals surface area contributed by atoms with Crippen molar-refractivity contribution < 1.29 is 4.42 Å². The van der Waals surface area contributed by atoms with Crippen molar-refractivity contribution in [2.45, 2.75) is 33.7 Å². The van der Waals surface area contributed by atoms with E-state index in [1.165, 1.54) is 10.4 Å². The molecule has 27 heavy (non-hydrogen) atoms. The third kappa shape index (κ3) is 5.65. The molecule has 7 heteroatoms. The fraction of sp³-hybridized carbons (Fsp3) is 0.350. The Morgan fingerprint density at radius 1 is 1.19 bits per heavy atom. The molecule has 0 saturated heterocycles. The summed E-state index contributed by atoms with van der Waals surface area (Å²) >= 11 is 1.73. The zero-order valence-electron chi connectivity index (χ0n) is 16.0. The number of aliphatic imine (C=N–C) groups is 1. The van der Waals surface area contributed by atoms with Crippen LogP contribution in [0.2, 0.25) is 0 Å². The van der Waals surface area contributed by atoms with Gasteiger partial charge >= 0.3 is 0 Å². The maximum Gasteiger partial charge on any atom is 0.226 e. The first kappa shape index (κ1) is 19.1. The predicted octanol–water partition coefficient (Wildman–Crippen LogP) is 3.71. The smallest absolute Gasteiger partial charge is 0.226 e. The highest BCUT2D eigenvalue weighted by Gasteiger charge is 2.07. The van der Waals surface area contributed by atoms with Crippen LogP contribution in [0.4, 0.5) is 0 Å². The molecule has 0 radical (unpaired) electrons. The van der Waals surface area contributed by atoms with E-state index in [1.54, 1.807) is 17.6 Å². The maximum atomic E-state index is 5.60. The van der Waals surface area contributed by atoms with Crippen LogP contribution in [0.15, 0.2) is 46.1 Å². The lowest BCUT2D eigenvalue weighted by Gasteiger charge is -2.10. The summed E-state index contributed by atoms with van der Waals surface area (Å²) in [5.74, 6) is 1.39. The van der Waals surface area contributed by atoms with E-state index in [1.807, 2.05) is 25.3 Å². The molecule has 1 aromatic carbocycles. The highest BCUT2D eigenvalue weighted by Crippen LogP contribution is 2.19. The second kappa shape index (κ2) is 9.32. The van der Waals surface area contributed by atoms with Crippen LogP contribution in [0, 0.1) is 13.8 Å². The molecule has 6 nitrogen and oxygen atoms in total. The Hall–Kier alpha value is -2.67. The Labute approximate surface area is 163 Å². The third-order valence-corrected chi connectivity index (χ3v) is 4.87. The highest BCUT2D eigenvalue weighted by molar-refractivity contribution is 7.11. The van der Waals surface area contributed by atoms with Crippen molar-refractivity contribution in [2.75, 3.05) is 13.1 Å². The van der Waals surface area contributed by atoms with Crippen molar-refractivity contribution in [1.82, 2.24) is 20.6 Å². The van der Waals surface area contributed by atoms with Crippen LogP contribution < -0.4 is 10.6 Å². The molecule has 3 aromatic rings. The van der Waals surface area contributed by atoms with Gasteiger partial charge in [0.2, 0.25) is 5.89 Å². The molecule has 2 heterocycles. The van der Waals surface area contributed by atoms with E-state index in [0.29, 0.717) is 12.4 Å². The van der Waals surface area contributed by atoms with Crippen molar-refractivity contribution in [3.63, 3.8) is 0 Å². The minimum absolute atomic E-state index is 0.459. The minimum Gasteiger partial charge on any atom is -0.444 e. The Kier molecular flexibility index (Phi) is 6.59. The van der Waals surface area contributed by atoms with Crippen LogP contribution in [0.5, 0.6) is 0 Å². The lowest BCUT2D eigenvalue weighted by atomic mass is 10.1. The number of hydrogen-bond acceptors (Lipinski definition) is 5. The van der Waals surface area contributed by atoms with Gasteiger partial charge < -0.3 is 15.1 Å². The summed E-state index contributed by atoms with van der Waals surface area (Å²) in [5.41, 5.74) is 2.99. The fourth-order valence-corrected chi connectivity index (χ4v) is 3.30. The molecule has 0 unspecified atom stereocenters. The van der Waals surface area contributed by atoms with E-state index in [2.05, 4.69) is 51.6 Å². The largest absolute Gasteiger partial charge is 0.444 e. The first-order chi connectivity index (χ1) is 13.1. The van der Waals surface area contributed by atoms with Gasteiger partial charge in [0.15, 0.2) is 5.96 Å². The summed E-state index contributed by atoms with van der Waals surface area (Å²) < 4.78 is 5.60. The molecule has 3 rings (SSSR count). The lowest BCUT2D eigenvalue weighted by Crippen LogP contribution is -2.38. The first-order valence-corrected chi connectivity index (χ1v) is 9.90. The normalized spacial score (nSPS) is 11.6. The van der Waals surface area contributed by atoms with Gasteiger partial charge in [-0.25, -0.2) is 15.0 Å². The number of hydrogen-bond donors (Lipinski definition) is 2. The van der Waals surface area contributed by atoms with Crippen molar-refractivity contribution in [3.8, 4) is 11.5 Å². The third-order valence-electron chi connectivity index (χ3n) is 3.89. The van der Waals surface area contributed by atoms with Crippen LogP contribution in [0.25, 0.3) is 11.5 Å². The van der Waals surface area contributed by atoms with Crippen molar-refractivity contribution >= 4 is 17.3 Å². The zero-order valence-corrected chi connectivity index (χ0v) is 16.8. The molecule has 0 atom stereocenters. The lowest BCUT2D eigenvalue weighted by molar-refractivity contribution is 0.572. The van der Waals surface area contributed by atoms with Crippen LogP contribution >= 0.6 is 11.3 Å². The van der Waals surface area contributed by atoms with E-state index < -0.39 is 0 Å². The summed E-state index contributed by atoms with van der Waals surface area (Å²) in [6, 6.07) is 8.13. The van der Waals surface area contributed by atoms with E-state index in [-0.39, 0.29) is 0 Å². The van der Waals surface area contributed by atoms with E-state index in [4.69, 9.17) is 4.42 Å². The SMILES string of the molecule is CCNC(=NCc1coc(-c2ccc(C)cc2)n1)NCCc1ncc(C)s1. The zero-order chi connectivity index (χ0) is 19.1. The van der Waals surface area contributed by atoms with Gasteiger partial charge in [-0.2, -0.15) is 0 Å². The van der Waals surface area contributed by atoms with Crippen molar-refractivity contribution in [3.05, 3.63) is 57.9 Å². The Bertz CT molecular complexity index is 882. The minimum atomic E-state index is 0.459. The molecule has 0 aliphatic heterocycles. The van der Waals surface area contributed by atoms with Gasteiger partial charge in [-0.1, -0.05) is 17.7 Å². The van der Waals surface area contributed by atoms with E-state index >= 15 is 0 Å². The van der Waals surface area contributed by atoms with Gasteiger partial charge in [0.1, 0.15) is 12.0 Å². The van der Waals surface area contributed by atoms with Crippen LogP contribution in [0.3, 0.4) is 0 Å². The Balaban J connectivity index is 1.57. The molecule has 0 amide bonds. The molecule has 142 valence electrons. The molecular weight excluding hydrogens is 358 g/mol. The van der Waals surface area contributed by atoms with Crippen LogP contribution in [-0.2, 0) is 13.0 Å². The molecule has 0 bridgehead atoms. The molecule has 0 aliphatic rings. The second-order valence-electron chi connectivity index (χ2n) is 6.25. The summed E-state index contributed by atoms with van der Waals surface area (Å²) in [7, 11) is 0. The van der Waals surface area contributed by atoms with Crippen molar-refractivity contribution in [1.29, 1.82) is 0 Å². The summed E-state index contributed by atoms with van der Waals surface area (Å²) in [6.45, 7) is 8.23. The number of guanidine groups is 1. The van der Waals surface area contributed by atoms with Crippen LogP contribution in [-0.4, -0.2) is 29.0 Å². The Morgan fingerprint density at radius 3 is 2.70 bits per heavy atom. The second-order valence-corrected chi connectivity index (χ2v) is 7.57. The molecule has 0 saturated carbocycles. The maximum absolute atomic E-state index is 5.60. The molecular formula is C20H25N5OS. The number of rotatable bonds is 7. The number of oxazole rings is 1. The van der Waals surface area contributed by atoms with Crippen LogP contribution in [0.1, 0.15) is 28.1 Å². The number of benzene rings is 1. The standard InChI is InChI=1S/C20H25N5OS/c1-4-21-20(22-10-9-18-23-11-15(3)27-18)24-12-17-13-26-19(25-17)16-7-5-14(2)6-8-16/h5-8,11,13H,4,9-10,12H2,1-3H3,(H2,21,22,24). The highest BCUT2D eigenvalue weighted by atomic mass is 32.1. The number of nitrogens with one attached hydrogen (secondary N) is 2. The summed E-state index contributed by atoms with van der Waals surface area (Å²) in [5, 5.41) is 7.73. The average molecular weight is 384 g/mol. The van der Waals surface area contributed by atoms with Gasteiger partial charge in [-0.3, -0.25) is 0 Å². The molecule has 2 N–H and O–H groups in total. The summed E-state index contributed by atoms with van der Waals surface area (Å²) in [4.78, 5) is 14.8. The molecule has 2 aromatic heterocycles. The summed E-state index contributed by atoms with van der Waals surface area (Å²) in [6.07, 6.45) is 4.46. The van der Waals surface area contributed by atoms with Gasteiger partial charge in [0, 0.05) is 36.1 Å². The van der Waals surface area contributed by atoms with Gasteiger partial charge in [-0.05, 0) is 32.9 Å². The quantitative estimate of drug-likeness (QED) is 0.480. The first-order valence-electron chi connectivity index (χ1n) is 9.09. The number of nitrogens with zero attached hydrogens (tertiary/aromatic N) is 3. The number of aromatic nitrogens is 2. The van der Waals surface area contributed by atoms with Gasteiger partial charge in [0.05, 0.1) is 11.6 Å². The monoisotopic (exact) mass is 383 g/mol. The number of aryl methyl sites for hydroxylation is 2. The molecule has 0 aliphatic carbocycles. The molecule has 0 fully saturated rings. The predicted molar refractivity (Wildman–Crippen MR) is 110 cm³/mol. The van der Waals surface area contributed by atoms with Gasteiger partial charge in [-0.15, -0.1) is 11.3 Å². The topological polar surface area (TPSA) is 75.3 Å². The van der Waals surface area contributed by atoms with E-state index in [9.17, 15) is 0 Å². The Morgan fingerprint density at radius 2 is 2.00 bits per heavy atom. The molecule has 0 spiro atoms.